The largest absolute Gasteiger partial charge is 0.481 e. The maximum Gasteiger partial charge on any atom is 0.307 e. The fraction of sp³-hybridized carbons (Fsp3) is 0.615. The van der Waals surface area contributed by atoms with E-state index >= 15 is 0 Å². The number of carboxylic acids is 1. The molecule has 1 aliphatic carbocycles. The molecule has 0 radical (unpaired) electrons. The summed E-state index contributed by atoms with van der Waals surface area (Å²) in [6.45, 7) is 3.79. The summed E-state index contributed by atoms with van der Waals surface area (Å²) in [5, 5.41) is 16.1. The van der Waals surface area contributed by atoms with Gasteiger partial charge >= 0.3 is 5.97 Å². The summed E-state index contributed by atoms with van der Waals surface area (Å²) in [7, 11) is 1.78. The van der Waals surface area contributed by atoms with Crippen molar-refractivity contribution in [3.05, 3.63) is 11.9 Å². The second kappa shape index (κ2) is 5.03. The van der Waals surface area contributed by atoms with Crippen molar-refractivity contribution >= 4 is 17.6 Å². The van der Waals surface area contributed by atoms with E-state index in [1.807, 2.05) is 13.8 Å². The van der Waals surface area contributed by atoms with Gasteiger partial charge in [-0.05, 0) is 25.7 Å². The molecule has 2 rings (SSSR count). The van der Waals surface area contributed by atoms with Crippen LogP contribution in [0.4, 0.5) is 5.69 Å². The maximum absolute atomic E-state index is 12.2. The van der Waals surface area contributed by atoms with Crippen LogP contribution in [-0.4, -0.2) is 26.8 Å². The minimum absolute atomic E-state index is 0.215. The summed E-state index contributed by atoms with van der Waals surface area (Å²) in [6, 6.07) is 0. The zero-order valence-corrected chi connectivity index (χ0v) is 11.4. The fourth-order valence-electron chi connectivity index (χ4n) is 2.80. The number of rotatable bonds is 3. The topological polar surface area (TPSA) is 84.2 Å². The van der Waals surface area contributed by atoms with Crippen LogP contribution in [0.2, 0.25) is 0 Å². The molecular formula is C13H19N3O3. The molecule has 1 heterocycles. The molecule has 1 amide bonds. The van der Waals surface area contributed by atoms with Gasteiger partial charge in [0.15, 0.2) is 0 Å². The van der Waals surface area contributed by atoms with Gasteiger partial charge in [0.05, 0.1) is 23.2 Å². The maximum atomic E-state index is 12.2. The Labute approximate surface area is 111 Å². The molecule has 1 aromatic rings. The number of aromatic nitrogens is 2. The lowest BCUT2D eigenvalue weighted by atomic mass is 9.95. The number of nitrogens with one attached hydrogen (secondary N) is 1. The van der Waals surface area contributed by atoms with E-state index in [2.05, 4.69) is 10.4 Å². The predicted octanol–water partition coefficient (Wildman–Crippen LogP) is 1.41. The molecule has 3 atom stereocenters. The molecule has 6 heteroatoms. The molecule has 1 saturated carbocycles. The Kier molecular flexibility index (Phi) is 3.59. The molecule has 0 aromatic carbocycles. The zero-order chi connectivity index (χ0) is 14.2. The summed E-state index contributed by atoms with van der Waals surface area (Å²) < 4.78 is 1.62. The highest BCUT2D eigenvalue weighted by Crippen LogP contribution is 2.37. The van der Waals surface area contributed by atoms with Gasteiger partial charge in [-0.1, -0.05) is 6.92 Å². The zero-order valence-electron chi connectivity index (χ0n) is 11.4. The van der Waals surface area contributed by atoms with E-state index in [0.29, 0.717) is 18.5 Å². The van der Waals surface area contributed by atoms with Crippen molar-refractivity contribution in [1.29, 1.82) is 0 Å². The first-order chi connectivity index (χ1) is 8.88. The average molecular weight is 265 g/mol. The van der Waals surface area contributed by atoms with E-state index in [1.165, 1.54) is 0 Å². The fourth-order valence-corrected chi connectivity index (χ4v) is 2.80. The Morgan fingerprint density at radius 2 is 2.05 bits per heavy atom. The first-order valence-electron chi connectivity index (χ1n) is 6.42. The highest BCUT2D eigenvalue weighted by molar-refractivity contribution is 5.95. The van der Waals surface area contributed by atoms with Crippen LogP contribution in [0.15, 0.2) is 6.20 Å². The Morgan fingerprint density at radius 3 is 2.58 bits per heavy atom. The van der Waals surface area contributed by atoms with E-state index in [9.17, 15) is 14.7 Å². The van der Waals surface area contributed by atoms with Crippen molar-refractivity contribution in [2.45, 2.75) is 26.7 Å². The highest BCUT2D eigenvalue weighted by atomic mass is 16.4. The molecular weight excluding hydrogens is 246 g/mol. The third-order valence-electron chi connectivity index (χ3n) is 3.72. The number of aryl methyl sites for hydroxylation is 2. The summed E-state index contributed by atoms with van der Waals surface area (Å²) in [5.41, 5.74) is 1.38. The Bertz CT molecular complexity index is 509. The van der Waals surface area contributed by atoms with Gasteiger partial charge in [0.25, 0.3) is 0 Å². The Balaban J connectivity index is 2.11. The van der Waals surface area contributed by atoms with Crippen molar-refractivity contribution in [2.75, 3.05) is 5.32 Å². The lowest BCUT2D eigenvalue weighted by Crippen LogP contribution is -2.30. The van der Waals surface area contributed by atoms with E-state index < -0.39 is 17.8 Å². The van der Waals surface area contributed by atoms with Crippen molar-refractivity contribution in [1.82, 2.24) is 9.78 Å². The van der Waals surface area contributed by atoms with Crippen LogP contribution in [0.3, 0.4) is 0 Å². The molecule has 0 bridgehead atoms. The minimum Gasteiger partial charge on any atom is -0.481 e. The summed E-state index contributed by atoms with van der Waals surface area (Å²) in [5.74, 6) is -1.86. The Morgan fingerprint density at radius 1 is 1.42 bits per heavy atom. The molecule has 1 aromatic heterocycles. The van der Waals surface area contributed by atoms with Gasteiger partial charge in [0.1, 0.15) is 0 Å². The van der Waals surface area contributed by atoms with E-state index in [1.54, 1.807) is 17.9 Å². The van der Waals surface area contributed by atoms with Gasteiger partial charge in [-0.15, -0.1) is 0 Å². The van der Waals surface area contributed by atoms with Crippen molar-refractivity contribution in [3.8, 4) is 0 Å². The normalized spacial score (nSPS) is 26.4. The first-order valence-corrected chi connectivity index (χ1v) is 6.42. The van der Waals surface area contributed by atoms with Crippen LogP contribution in [-0.2, 0) is 16.6 Å². The number of carbonyl (C=O) groups is 2. The van der Waals surface area contributed by atoms with Crippen molar-refractivity contribution in [3.63, 3.8) is 0 Å². The van der Waals surface area contributed by atoms with E-state index in [4.69, 9.17) is 0 Å². The van der Waals surface area contributed by atoms with Crippen LogP contribution in [0.25, 0.3) is 0 Å². The molecule has 1 unspecified atom stereocenters. The summed E-state index contributed by atoms with van der Waals surface area (Å²) in [6.07, 6.45) is 2.92. The van der Waals surface area contributed by atoms with Gasteiger partial charge in [-0.2, -0.15) is 5.10 Å². The van der Waals surface area contributed by atoms with E-state index in [0.717, 1.165) is 5.69 Å². The number of carboxylic acid groups (broad SMARTS) is 1. The lowest BCUT2D eigenvalue weighted by Gasteiger charge is -2.15. The monoisotopic (exact) mass is 265 g/mol. The number of amides is 1. The van der Waals surface area contributed by atoms with Crippen LogP contribution < -0.4 is 5.32 Å². The molecule has 19 heavy (non-hydrogen) atoms. The number of carbonyl (C=O) groups excluding carboxylic acids is 1. The molecule has 0 aliphatic heterocycles. The van der Waals surface area contributed by atoms with Crippen LogP contribution >= 0.6 is 0 Å². The molecule has 0 spiro atoms. The van der Waals surface area contributed by atoms with E-state index in [-0.39, 0.29) is 11.8 Å². The van der Waals surface area contributed by atoms with Crippen LogP contribution in [0, 0.1) is 24.7 Å². The van der Waals surface area contributed by atoms with Crippen molar-refractivity contribution < 1.29 is 14.7 Å². The standard InChI is InChI=1S/C13H19N3O3/c1-7-4-9(10(5-7)13(18)19)12(17)14-11-6-16(3)15-8(11)2/h6-7,9-10H,4-5H2,1-3H3,(H,14,17)(H,18,19)/t7?,9-,10+/m0/s1. The predicted molar refractivity (Wildman–Crippen MR) is 69.6 cm³/mol. The average Bonchev–Trinajstić information content (AvgIpc) is 2.83. The second-order valence-corrected chi connectivity index (χ2v) is 5.42. The second-order valence-electron chi connectivity index (χ2n) is 5.42. The van der Waals surface area contributed by atoms with Gasteiger partial charge in [0.2, 0.25) is 5.91 Å². The Hall–Kier alpha value is -1.85. The third kappa shape index (κ3) is 2.77. The molecule has 1 aliphatic rings. The van der Waals surface area contributed by atoms with Crippen LogP contribution in [0.1, 0.15) is 25.5 Å². The third-order valence-corrected chi connectivity index (χ3v) is 3.72. The van der Waals surface area contributed by atoms with Gasteiger partial charge in [0, 0.05) is 13.2 Å². The number of aliphatic carboxylic acids is 1. The summed E-state index contributed by atoms with van der Waals surface area (Å²) >= 11 is 0. The molecule has 104 valence electrons. The van der Waals surface area contributed by atoms with Gasteiger partial charge in [-0.3, -0.25) is 14.3 Å². The molecule has 0 saturated heterocycles. The number of nitrogens with zero attached hydrogens (tertiary/aromatic N) is 2. The molecule has 2 N–H and O–H groups in total. The number of hydrogen-bond donors (Lipinski definition) is 2. The SMILES string of the molecule is Cc1nn(C)cc1NC(=O)[C@H]1CC(C)C[C@H]1C(=O)O. The number of anilines is 1. The smallest absolute Gasteiger partial charge is 0.307 e. The van der Waals surface area contributed by atoms with Crippen LogP contribution in [0.5, 0.6) is 0 Å². The molecule has 6 nitrogen and oxygen atoms in total. The highest BCUT2D eigenvalue weighted by Gasteiger charge is 2.41. The summed E-state index contributed by atoms with van der Waals surface area (Å²) in [4.78, 5) is 23.4. The lowest BCUT2D eigenvalue weighted by molar-refractivity contribution is -0.145. The first kappa shape index (κ1) is 13.6. The van der Waals surface area contributed by atoms with Crippen molar-refractivity contribution in [2.24, 2.45) is 24.8 Å². The van der Waals surface area contributed by atoms with Gasteiger partial charge in [-0.25, -0.2) is 0 Å². The minimum atomic E-state index is -0.882. The number of hydrogen-bond acceptors (Lipinski definition) is 3. The van der Waals surface area contributed by atoms with Gasteiger partial charge < -0.3 is 10.4 Å². The quantitative estimate of drug-likeness (QED) is 0.865. The molecule has 1 fully saturated rings.